The van der Waals surface area contributed by atoms with Gasteiger partial charge in [0.1, 0.15) is 0 Å². The van der Waals surface area contributed by atoms with Gasteiger partial charge in [-0.1, -0.05) is 33.6 Å². The number of amides is 1. The van der Waals surface area contributed by atoms with Crippen molar-refractivity contribution in [2.75, 3.05) is 6.54 Å². The van der Waals surface area contributed by atoms with E-state index in [9.17, 15) is 4.79 Å². The molecule has 0 saturated heterocycles. The van der Waals surface area contributed by atoms with Gasteiger partial charge in [-0.2, -0.15) is 0 Å². The first-order chi connectivity index (χ1) is 11.6. The summed E-state index contributed by atoms with van der Waals surface area (Å²) < 4.78 is 0. The maximum atomic E-state index is 12.5. The molecule has 0 radical (unpaired) electrons. The molecule has 1 aromatic rings. The van der Waals surface area contributed by atoms with Crippen LogP contribution in [-0.4, -0.2) is 12.5 Å². The Kier molecular flexibility index (Phi) is 4.68. The van der Waals surface area contributed by atoms with Crippen LogP contribution >= 0.6 is 27.5 Å². The Labute approximate surface area is 157 Å². The summed E-state index contributed by atoms with van der Waals surface area (Å²) in [5, 5.41) is 4.40. The van der Waals surface area contributed by atoms with Crippen LogP contribution in [0.15, 0.2) is 18.2 Å². The standard InChI is InChI=1S/C20H25BrClNO/c21-12-13-1-2-18(22)17(8-13)19(24)23-4-3-20-9-14-5-15(10-20)7-16(6-14)11-20/h1-2,8,14-16H,3-7,9-12H2,(H,23,24). The van der Waals surface area contributed by atoms with Crippen LogP contribution in [0.2, 0.25) is 5.02 Å². The van der Waals surface area contributed by atoms with Crippen LogP contribution < -0.4 is 5.32 Å². The van der Waals surface area contributed by atoms with Crippen molar-refractivity contribution in [1.29, 1.82) is 0 Å². The molecule has 0 spiro atoms. The van der Waals surface area contributed by atoms with E-state index < -0.39 is 0 Å². The van der Waals surface area contributed by atoms with Crippen molar-refractivity contribution in [2.45, 2.75) is 50.3 Å². The molecule has 4 fully saturated rings. The molecule has 1 aromatic carbocycles. The second-order valence-electron chi connectivity index (χ2n) is 8.37. The Morgan fingerprint density at radius 1 is 1.17 bits per heavy atom. The van der Waals surface area contributed by atoms with Crippen LogP contribution in [0.3, 0.4) is 0 Å². The SMILES string of the molecule is O=C(NCCC12CC3CC(CC(C3)C1)C2)c1cc(CBr)ccc1Cl. The molecule has 0 atom stereocenters. The van der Waals surface area contributed by atoms with Crippen LogP contribution in [0.1, 0.15) is 60.9 Å². The van der Waals surface area contributed by atoms with Gasteiger partial charge in [0.2, 0.25) is 0 Å². The summed E-state index contributed by atoms with van der Waals surface area (Å²) in [4.78, 5) is 12.5. The summed E-state index contributed by atoms with van der Waals surface area (Å²) in [5.41, 5.74) is 2.19. The minimum Gasteiger partial charge on any atom is -0.352 e. The highest BCUT2D eigenvalue weighted by Crippen LogP contribution is 2.61. The van der Waals surface area contributed by atoms with E-state index >= 15 is 0 Å². The van der Waals surface area contributed by atoms with E-state index in [0.29, 0.717) is 16.0 Å². The summed E-state index contributed by atoms with van der Waals surface area (Å²) in [6.07, 6.45) is 9.75. The minimum atomic E-state index is -0.0347. The fourth-order valence-corrected chi connectivity index (χ4v) is 6.51. The average molecular weight is 411 g/mol. The topological polar surface area (TPSA) is 29.1 Å². The van der Waals surface area contributed by atoms with Gasteiger partial charge in [0, 0.05) is 11.9 Å². The summed E-state index contributed by atoms with van der Waals surface area (Å²) in [7, 11) is 0. The Balaban J connectivity index is 1.37. The largest absolute Gasteiger partial charge is 0.352 e. The molecule has 2 nitrogen and oxygen atoms in total. The normalized spacial score (nSPS) is 33.7. The van der Waals surface area contributed by atoms with Crippen LogP contribution in [0.4, 0.5) is 0 Å². The molecule has 4 bridgehead atoms. The second kappa shape index (κ2) is 6.64. The summed E-state index contributed by atoms with van der Waals surface area (Å²) >= 11 is 9.64. The van der Waals surface area contributed by atoms with Gasteiger partial charge in [-0.15, -0.1) is 0 Å². The van der Waals surface area contributed by atoms with Crippen molar-refractivity contribution < 1.29 is 4.79 Å². The molecule has 24 heavy (non-hydrogen) atoms. The number of carbonyl (C=O) groups is 1. The van der Waals surface area contributed by atoms with Gasteiger partial charge in [-0.05, 0) is 85.8 Å². The highest BCUT2D eigenvalue weighted by atomic mass is 79.9. The zero-order valence-corrected chi connectivity index (χ0v) is 16.3. The third-order valence-electron chi connectivity index (χ3n) is 6.54. The third-order valence-corrected chi connectivity index (χ3v) is 7.51. The molecule has 4 aliphatic carbocycles. The molecule has 0 aliphatic heterocycles. The van der Waals surface area contributed by atoms with E-state index in [2.05, 4.69) is 21.2 Å². The van der Waals surface area contributed by atoms with E-state index in [4.69, 9.17) is 11.6 Å². The number of hydrogen-bond acceptors (Lipinski definition) is 1. The zero-order valence-electron chi connectivity index (χ0n) is 14.0. The molecule has 5 rings (SSSR count). The third kappa shape index (κ3) is 3.26. The highest BCUT2D eigenvalue weighted by Gasteiger charge is 2.50. The molecule has 1 N–H and O–H groups in total. The number of hydrogen-bond donors (Lipinski definition) is 1. The lowest BCUT2D eigenvalue weighted by Gasteiger charge is -2.57. The Morgan fingerprint density at radius 3 is 2.38 bits per heavy atom. The Hall–Kier alpha value is -0.540. The maximum Gasteiger partial charge on any atom is 0.252 e. The molecule has 0 unspecified atom stereocenters. The lowest BCUT2D eigenvalue weighted by Crippen LogP contribution is -2.47. The van der Waals surface area contributed by atoms with Gasteiger partial charge < -0.3 is 5.32 Å². The molecule has 130 valence electrons. The van der Waals surface area contributed by atoms with Crippen molar-refractivity contribution in [2.24, 2.45) is 23.2 Å². The first-order valence-corrected chi connectivity index (χ1v) is 10.7. The molecule has 1 amide bonds. The Bertz CT molecular complexity index is 609. The van der Waals surface area contributed by atoms with Gasteiger partial charge >= 0.3 is 0 Å². The summed E-state index contributed by atoms with van der Waals surface area (Å²) in [6, 6.07) is 5.65. The van der Waals surface area contributed by atoms with E-state index in [1.165, 1.54) is 38.5 Å². The summed E-state index contributed by atoms with van der Waals surface area (Å²) in [6.45, 7) is 0.778. The number of benzene rings is 1. The van der Waals surface area contributed by atoms with Crippen molar-refractivity contribution in [3.05, 3.63) is 34.3 Å². The fraction of sp³-hybridized carbons (Fsp3) is 0.650. The maximum absolute atomic E-state index is 12.5. The minimum absolute atomic E-state index is 0.0347. The van der Waals surface area contributed by atoms with Gasteiger partial charge in [0.05, 0.1) is 10.6 Å². The molecule has 4 aliphatic rings. The first-order valence-electron chi connectivity index (χ1n) is 9.19. The van der Waals surface area contributed by atoms with E-state index in [-0.39, 0.29) is 5.91 Å². The van der Waals surface area contributed by atoms with Crippen molar-refractivity contribution in [3.8, 4) is 0 Å². The van der Waals surface area contributed by atoms with Crippen LogP contribution in [0, 0.1) is 23.2 Å². The van der Waals surface area contributed by atoms with Crippen molar-refractivity contribution >= 4 is 33.4 Å². The van der Waals surface area contributed by atoms with Gasteiger partial charge in [-0.3, -0.25) is 4.79 Å². The number of rotatable bonds is 5. The monoisotopic (exact) mass is 409 g/mol. The smallest absolute Gasteiger partial charge is 0.252 e. The zero-order chi connectivity index (χ0) is 16.7. The highest BCUT2D eigenvalue weighted by molar-refractivity contribution is 9.08. The summed E-state index contributed by atoms with van der Waals surface area (Å²) in [5.74, 6) is 2.87. The van der Waals surface area contributed by atoms with Crippen LogP contribution in [-0.2, 0) is 5.33 Å². The molecule has 0 heterocycles. The number of nitrogens with one attached hydrogen (secondary N) is 1. The average Bonchev–Trinajstić information content (AvgIpc) is 2.53. The van der Waals surface area contributed by atoms with Gasteiger partial charge in [-0.25, -0.2) is 0 Å². The molecular formula is C20H25BrClNO. The fourth-order valence-electron chi connectivity index (χ4n) is 5.96. The number of alkyl halides is 1. The lowest BCUT2D eigenvalue weighted by molar-refractivity contribution is -0.0564. The van der Waals surface area contributed by atoms with Crippen LogP contribution in [0.25, 0.3) is 0 Å². The Morgan fingerprint density at radius 2 is 1.79 bits per heavy atom. The lowest BCUT2D eigenvalue weighted by atomic mass is 9.49. The van der Waals surface area contributed by atoms with E-state index in [1.54, 1.807) is 0 Å². The number of carbonyl (C=O) groups excluding carboxylic acids is 1. The van der Waals surface area contributed by atoms with Crippen LogP contribution in [0.5, 0.6) is 0 Å². The quantitative estimate of drug-likeness (QED) is 0.632. The molecule has 0 aromatic heterocycles. The predicted octanol–water partition coefficient (Wildman–Crippen LogP) is 5.57. The van der Waals surface area contributed by atoms with E-state index in [1.807, 2.05) is 18.2 Å². The first kappa shape index (κ1) is 16.9. The van der Waals surface area contributed by atoms with Crippen molar-refractivity contribution in [3.63, 3.8) is 0 Å². The van der Waals surface area contributed by atoms with Gasteiger partial charge in [0.25, 0.3) is 5.91 Å². The molecule has 4 saturated carbocycles. The predicted molar refractivity (Wildman–Crippen MR) is 102 cm³/mol. The molecule has 4 heteroatoms. The van der Waals surface area contributed by atoms with Gasteiger partial charge in [0.15, 0.2) is 0 Å². The van der Waals surface area contributed by atoms with Crippen molar-refractivity contribution in [1.82, 2.24) is 5.32 Å². The number of halogens is 2. The second-order valence-corrected chi connectivity index (χ2v) is 9.34. The van der Waals surface area contributed by atoms with E-state index in [0.717, 1.165) is 41.6 Å². The molecular weight excluding hydrogens is 386 g/mol.